The molecule has 2 nitrogen and oxygen atoms in total. The van der Waals surface area contributed by atoms with E-state index in [-0.39, 0.29) is 6.04 Å². The van der Waals surface area contributed by atoms with E-state index in [1.807, 2.05) is 18.2 Å². The normalized spacial score (nSPS) is 18.9. The fourth-order valence-corrected chi connectivity index (χ4v) is 3.26. The van der Waals surface area contributed by atoms with Crippen molar-refractivity contribution in [2.24, 2.45) is 11.7 Å². The molecule has 1 aromatic rings. The molecule has 1 aliphatic carbocycles. The Labute approximate surface area is 121 Å². The van der Waals surface area contributed by atoms with Gasteiger partial charge in [-0.1, -0.05) is 50.1 Å². The van der Waals surface area contributed by atoms with Gasteiger partial charge in [0.25, 0.3) is 0 Å². The van der Waals surface area contributed by atoms with Gasteiger partial charge in [-0.05, 0) is 30.5 Å². The van der Waals surface area contributed by atoms with Gasteiger partial charge in [-0.15, -0.1) is 0 Å². The lowest BCUT2D eigenvalue weighted by Gasteiger charge is -2.21. The minimum absolute atomic E-state index is 0.0248. The van der Waals surface area contributed by atoms with Crippen LogP contribution in [-0.4, -0.2) is 7.11 Å². The molecule has 0 saturated heterocycles. The maximum atomic E-state index is 6.38. The van der Waals surface area contributed by atoms with Gasteiger partial charge in [0.05, 0.1) is 7.11 Å². The average molecular weight is 282 g/mol. The quantitative estimate of drug-likeness (QED) is 0.811. The number of hydrogen-bond acceptors (Lipinski definition) is 2. The van der Waals surface area contributed by atoms with Crippen molar-refractivity contribution in [3.8, 4) is 5.75 Å². The highest BCUT2D eigenvalue weighted by molar-refractivity contribution is 6.30. The van der Waals surface area contributed by atoms with Crippen LogP contribution in [0.15, 0.2) is 18.2 Å². The molecule has 0 aliphatic heterocycles. The molecule has 1 aliphatic rings. The molecule has 1 fully saturated rings. The van der Waals surface area contributed by atoms with Crippen molar-refractivity contribution in [2.75, 3.05) is 7.11 Å². The summed E-state index contributed by atoms with van der Waals surface area (Å²) in [6.45, 7) is 0. The molecular weight excluding hydrogens is 258 g/mol. The van der Waals surface area contributed by atoms with Gasteiger partial charge >= 0.3 is 0 Å². The number of halogens is 1. The molecule has 19 heavy (non-hydrogen) atoms. The second-order valence-corrected chi connectivity index (χ2v) is 6.02. The van der Waals surface area contributed by atoms with Gasteiger partial charge in [-0.2, -0.15) is 0 Å². The molecule has 0 bridgehead atoms. The molecule has 1 aromatic carbocycles. The maximum Gasteiger partial charge on any atom is 0.123 e. The summed E-state index contributed by atoms with van der Waals surface area (Å²) in [5.41, 5.74) is 7.42. The number of benzene rings is 1. The van der Waals surface area contributed by atoms with E-state index in [0.29, 0.717) is 0 Å². The van der Waals surface area contributed by atoms with Gasteiger partial charge in [0.1, 0.15) is 5.75 Å². The standard InChI is InChI=1S/C16H24ClNO/c1-19-16-9-8-13(17)11-14(16)15(18)10-12-6-4-2-3-5-7-12/h8-9,11-12,15H,2-7,10,18H2,1H3. The van der Waals surface area contributed by atoms with E-state index < -0.39 is 0 Å². The fraction of sp³-hybridized carbons (Fsp3) is 0.625. The Kier molecular flexibility index (Phi) is 5.53. The molecule has 0 spiro atoms. The van der Waals surface area contributed by atoms with E-state index >= 15 is 0 Å². The topological polar surface area (TPSA) is 35.2 Å². The Bertz CT molecular complexity index is 400. The van der Waals surface area contributed by atoms with Crippen molar-refractivity contribution in [2.45, 2.75) is 51.0 Å². The maximum absolute atomic E-state index is 6.38. The summed E-state index contributed by atoms with van der Waals surface area (Å²) in [5, 5.41) is 0.729. The summed E-state index contributed by atoms with van der Waals surface area (Å²) < 4.78 is 5.40. The van der Waals surface area contributed by atoms with Crippen LogP contribution in [0.1, 0.15) is 56.6 Å². The first kappa shape index (κ1) is 14.7. The third-order valence-corrected chi connectivity index (χ3v) is 4.39. The van der Waals surface area contributed by atoms with Crippen molar-refractivity contribution in [3.05, 3.63) is 28.8 Å². The summed E-state index contributed by atoms with van der Waals surface area (Å²) in [4.78, 5) is 0. The molecule has 0 heterocycles. The van der Waals surface area contributed by atoms with Crippen LogP contribution in [0, 0.1) is 5.92 Å². The first-order valence-electron chi connectivity index (χ1n) is 7.29. The highest BCUT2D eigenvalue weighted by Gasteiger charge is 2.19. The van der Waals surface area contributed by atoms with E-state index in [4.69, 9.17) is 22.1 Å². The highest BCUT2D eigenvalue weighted by Crippen LogP contribution is 2.34. The Morgan fingerprint density at radius 3 is 2.58 bits per heavy atom. The van der Waals surface area contributed by atoms with Gasteiger partial charge < -0.3 is 10.5 Å². The summed E-state index contributed by atoms with van der Waals surface area (Å²) in [5.74, 6) is 1.60. The molecule has 0 amide bonds. The lowest BCUT2D eigenvalue weighted by atomic mass is 9.89. The number of hydrogen-bond donors (Lipinski definition) is 1. The smallest absolute Gasteiger partial charge is 0.123 e. The first-order valence-corrected chi connectivity index (χ1v) is 7.67. The summed E-state index contributed by atoms with van der Waals surface area (Å²) in [6.07, 6.45) is 9.14. The predicted octanol–water partition coefficient (Wildman–Crippen LogP) is 4.71. The zero-order valence-corrected chi connectivity index (χ0v) is 12.5. The Morgan fingerprint density at radius 1 is 1.26 bits per heavy atom. The SMILES string of the molecule is COc1ccc(Cl)cc1C(N)CC1CCCCCC1. The van der Waals surface area contributed by atoms with Crippen molar-refractivity contribution >= 4 is 11.6 Å². The van der Waals surface area contributed by atoms with E-state index in [9.17, 15) is 0 Å². The molecule has 3 heteroatoms. The largest absolute Gasteiger partial charge is 0.496 e. The van der Waals surface area contributed by atoms with Crippen molar-refractivity contribution in [1.82, 2.24) is 0 Å². The van der Waals surface area contributed by atoms with Gasteiger partial charge in [0.15, 0.2) is 0 Å². The molecule has 2 rings (SSSR count). The molecule has 1 unspecified atom stereocenters. The zero-order valence-electron chi connectivity index (χ0n) is 11.7. The Balaban J connectivity index is 2.05. The molecular formula is C16H24ClNO. The van der Waals surface area contributed by atoms with Crippen LogP contribution in [0.3, 0.4) is 0 Å². The van der Waals surface area contributed by atoms with Crippen molar-refractivity contribution in [3.63, 3.8) is 0 Å². The Hall–Kier alpha value is -0.730. The second-order valence-electron chi connectivity index (χ2n) is 5.59. The van der Waals surface area contributed by atoms with Crippen LogP contribution in [0.2, 0.25) is 5.02 Å². The van der Waals surface area contributed by atoms with Gasteiger partial charge in [0.2, 0.25) is 0 Å². The summed E-state index contributed by atoms with van der Waals surface area (Å²) in [7, 11) is 1.69. The fourth-order valence-electron chi connectivity index (χ4n) is 3.08. The van der Waals surface area contributed by atoms with Crippen LogP contribution < -0.4 is 10.5 Å². The minimum Gasteiger partial charge on any atom is -0.496 e. The highest BCUT2D eigenvalue weighted by atomic mass is 35.5. The van der Waals surface area contributed by atoms with Gasteiger partial charge in [-0.3, -0.25) is 0 Å². The van der Waals surface area contributed by atoms with E-state index in [1.54, 1.807) is 7.11 Å². The number of ether oxygens (including phenoxy) is 1. The molecule has 1 saturated carbocycles. The van der Waals surface area contributed by atoms with Crippen molar-refractivity contribution in [1.29, 1.82) is 0 Å². The lowest BCUT2D eigenvalue weighted by Crippen LogP contribution is -2.16. The molecule has 0 radical (unpaired) electrons. The van der Waals surface area contributed by atoms with E-state index in [1.165, 1.54) is 38.5 Å². The first-order chi connectivity index (χ1) is 9.20. The third kappa shape index (κ3) is 4.12. The van der Waals surface area contributed by atoms with Crippen LogP contribution >= 0.6 is 11.6 Å². The van der Waals surface area contributed by atoms with Gasteiger partial charge in [0, 0.05) is 16.6 Å². The van der Waals surface area contributed by atoms with E-state index in [2.05, 4.69) is 0 Å². The second kappa shape index (κ2) is 7.16. The summed E-state index contributed by atoms with van der Waals surface area (Å²) >= 11 is 6.08. The monoisotopic (exact) mass is 281 g/mol. The molecule has 0 aromatic heterocycles. The number of nitrogens with two attached hydrogens (primary N) is 1. The van der Waals surface area contributed by atoms with Crippen LogP contribution in [0.25, 0.3) is 0 Å². The predicted molar refractivity (Wildman–Crippen MR) is 80.7 cm³/mol. The number of rotatable bonds is 4. The van der Waals surface area contributed by atoms with Crippen molar-refractivity contribution < 1.29 is 4.74 Å². The number of methoxy groups -OCH3 is 1. The average Bonchev–Trinajstić information content (AvgIpc) is 2.67. The molecule has 106 valence electrons. The van der Waals surface area contributed by atoms with E-state index in [0.717, 1.165) is 28.7 Å². The Morgan fingerprint density at radius 2 is 1.95 bits per heavy atom. The summed E-state index contributed by atoms with van der Waals surface area (Å²) in [6, 6.07) is 5.73. The van der Waals surface area contributed by atoms with Gasteiger partial charge in [-0.25, -0.2) is 0 Å². The minimum atomic E-state index is 0.0248. The zero-order chi connectivity index (χ0) is 13.7. The lowest BCUT2D eigenvalue weighted by molar-refractivity contribution is 0.373. The van der Waals surface area contributed by atoms with Crippen LogP contribution in [-0.2, 0) is 0 Å². The molecule has 2 N–H and O–H groups in total. The molecule has 1 atom stereocenters. The third-order valence-electron chi connectivity index (χ3n) is 4.15. The van der Waals surface area contributed by atoms with Crippen LogP contribution in [0.5, 0.6) is 5.75 Å². The van der Waals surface area contributed by atoms with Crippen LogP contribution in [0.4, 0.5) is 0 Å².